The Morgan fingerprint density at radius 2 is 1.86 bits per heavy atom. The molecule has 3 rings (SSSR count). The van der Waals surface area contributed by atoms with Crippen molar-refractivity contribution in [2.24, 2.45) is 5.92 Å². The van der Waals surface area contributed by atoms with E-state index in [-0.39, 0.29) is 17.6 Å². The summed E-state index contributed by atoms with van der Waals surface area (Å²) in [6.07, 6.45) is 0.898. The first-order valence-corrected chi connectivity index (χ1v) is 7.64. The summed E-state index contributed by atoms with van der Waals surface area (Å²) in [7, 11) is 1.62. The number of benzene rings is 2. The van der Waals surface area contributed by atoms with Gasteiger partial charge in [0.2, 0.25) is 0 Å². The average molecular weight is 296 g/mol. The Bertz CT molecular complexity index is 661. The molecule has 114 valence electrons. The van der Waals surface area contributed by atoms with Crippen LogP contribution in [0.25, 0.3) is 0 Å². The summed E-state index contributed by atoms with van der Waals surface area (Å²) in [6.45, 7) is 2.62. The number of carbonyl (C=O) groups is 1. The highest BCUT2D eigenvalue weighted by Crippen LogP contribution is 2.51. The second kappa shape index (κ2) is 6.22. The topological polar surface area (TPSA) is 35.5 Å². The molecule has 0 heterocycles. The van der Waals surface area contributed by atoms with Gasteiger partial charge in [-0.25, -0.2) is 0 Å². The molecule has 1 aliphatic carbocycles. The lowest BCUT2D eigenvalue weighted by atomic mass is 10.0. The van der Waals surface area contributed by atoms with Crippen LogP contribution >= 0.6 is 0 Å². The van der Waals surface area contributed by atoms with Crippen LogP contribution in [0.4, 0.5) is 0 Å². The highest BCUT2D eigenvalue weighted by Gasteiger charge is 2.45. The Morgan fingerprint density at radius 3 is 2.55 bits per heavy atom. The molecule has 0 aromatic heterocycles. The largest absolute Gasteiger partial charge is 0.497 e. The van der Waals surface area contributed by atoms with Crippen molar-refractivity contribution in [3.05, 3.63) is 59.7 Å². The third-order valence-corrected chi connectivity index (χ3v) is 4.12. The van der Waals surface area contributed by atoms with Crippen molar-refractivity contribution in [3.63, 3.8) is 0 Å². The van der Waals surface area contributed by atoms with Gasteiger partial charge in [-0.1, -0.05) is 18.2 Å². The number of hydrogen-bond acceptors (Lipinski definition) is 3. The van der Waals surface area contributed by atoms with E-state index in [4.69, 9.17) is 9.47 Å². The zero-order valence-electron chi connectivity index (χ0n) is 12.9. The second-order valence-corrected chi connectivity index (χ2v) is 5.51. The van der Waals surface area contributed by atoms with Crippen molar-refractivity contribution in [1.29, 1.82) is 0 Å². The summed E-state index contributed by atoms with van der Waals surface area (Å²) in [4.78, 5) is 12.6. The number of carbonyl (C=O) groups excluding carboxylic acids is 1. The minimum Gasteiger partial charge on any atom is -0.497 e. The van der Waals surface area contributed by atoms with Gasteiger partial charge in [0.05, 0.1) is 13.7 Å². The molecule has 0 aliphatic heterocycles. The lowest BCUT2D eigenvalue weighted by Gasteiger charge is -2.09. The van der Waals surface area contributed by atoms with Gasteiger partial charge in [0.25, 0.3) is 0 Å². The Morgan fingerprint density at radius 1 is 1.14 bits per heavy atom. The predicted molar refractivity (Wildman–Crippen MR) is 85.8 cm³/mol. The predicted octanol–water partition coefficient (Wildman–Crippen LogP) is 4.08. The van der Waals surface area contributed by atoms with Crippen molar-refractivity contribution in [1.82, 2.24) is 0 Å². The molecule has 2 aromatic carbocycles. The molecule has 0 saturated heterocycles. The molecule has 0 N–H and O–H groups in total. The molecule has 2 aromatic rings. The molecule has 0 radical (unpaired) electrons. The fourth-order valence-electron chi connectivity index (χ4n) is 2.87. The Hall–Kier alpha value is -2.29. The molecular weight excluding hydrogens is 276 g/mol. The minimum absolute atomic E-state index is 0.0648. The van der Waals surface area contributed by atoms with Crippen molar-refractivity contribution in [3.8, 4) is 11.5 Å². The smallest absolute Gasteiger partial charge is 0.166 e. The fraction of sp³-hybridized carbons (Fsp3) is 0.316. The molecule has 2 atom stereocenters. The number of Topliss-reactive ketones (excluding diaryl/α,β-unsaturated/α-hetero) is 1. The fourth-order valence-corrected chi connectivity index (χ4v) is 2.87. The van der Waals surface area contributed by atoms with Gasteiger partial charge in [0.1, 0.15) is 11.5 Å². The van der Waals surface area contributed by atoms with E-state index in [0.29, 0.717) is 6.61 Å². The van der Waals surface area contributed by atoms with Gasteiger partial charge < -0.3 is 9.47 Å². The quantitative estimate of drug-likeness (QED) is 0.753. The van der Waals surface area contributed by atoms with E-state index < -0.39 is 0 Å². The second-order valence-electron chi connectivity index (χ2n) is 5.51. The van der Waals surface area contributed by atoms with E-state index in [1.54, 1.807) is 7.11 Å². The van der Waals surface area contributed by atoms with Crippen LogP contribution in [0, 0.1) is 5.92 Å². The molecule has 22 heavy (non-hydrogen) atoms. The normalized spacial score (nSPS) is 19.5. The van der Waals surface area contributed by atoms with E-state index in [1.807, 2.05) is 49.4 Å². The monoisotopic (exact) mass is 296 g/mol. The summed E-state index contributed by atoms with van der Waals surface area (Å²) in [5.41, 5.74) is 1.90. The highest BCUT2D eigenvalue weighted by molar-refractivity contribution is 6.00. The van der Waals surface area contributed by atoms with Crippen LogP contribution in [-0.2, 0) is 0 Å². The summed E-state index contributed by atoms with van der Waals surface area (Å²) in [5, 5.41) is 0. The van der Waals surface area contributed by atoms with Crippen LogP contribution in [0.2, 0.25) is 0 Å². The van der Waals surface area contributed by atoms with Crippen molar-refractivity contribution in [2.75, 3.05) is 13.7 Å². The molecule has 1 saturated carbocycles. The number of ketones is 1. The van der Waals surface area contributed by atoms with Gasteiger partial charge in [0, 0.05) is 11.5 Å². The SMILES string of the molecule is CCOc1ccccc1C1CC1C(=O)c1ccc(OC)cc1. The number of ether oxygens (including phenoxy) is 2. The third-order valence-electron chi connectivity index (χ3n) is 4.12. The first-order chi connectivity index (χ1) is 10.7. The van der Waals surface area contributed by atoms with Crippen LogP contribution in [0.1, 0.15) is 35.2 Å². The summed E-state index contributed by atoms with van der Waals surface area (Å²) in [5.74, 6) is 2.22. The standard InChI is InChI=1S/C19H20O3/c1-3-22-18-7-5-4-6-15(18)16-12-17(16)19(20)13-8-10-14(21-2)11-9-13/h4-11,16-17H,3,12H2,1-2H3. The van der Waals surface area contributed by atoms with Gasteiger partial charge in [0.15, 0.2) is 5.78 Å². The molecule has 3 heteroatoms. The van der Waals surface area contributed by atoms with E-state index in [2.05, 4.69) is 6.07 Å². The molecule has 1 fully saturated rings. The molecule has 3 nitrogen and oxygen atoms in total. The average Bonchev–Trinajstić information content (AvgIpc) is 3.35. The minimum atomic E-state index is 0.0648. The van der Waals surface area contributed by atoms with Crippen LogP contribution < -0.4 is 9.47 Å². The number of rotatable bonds is 6. The van der Waals surface area contributed by atoms with Gasteiger partial charge in [-0.2, -0.15) is 0 Å². The molecule has 0 spiro atoms. The number of methoxy groups -OCH3 is 1. The van der Waals surface area contributed by atoms with Gasteiger partial charge >= 0.3 is 0 Å². The Balaban J connectivity index is 1.75. The van der Waals surface area contributed by atoms with Crippen molar-refractivity contribution < 1.29 is 14.3 Å². The lowest BCUT2D eigenvalue weighted by Crippen LogP contribution is -2.04. The van der Waals surface area contributed by atoms with Crippen molar-refractivity contribution >= 4 is 5.78 Å². The maximum Gasteiger partial charge on any atom is 0.166 e. The van der Waals surface area contributed by atoms with E-state index >= 15 is 0 Å². The summed E-state index contributed by atoms with van der Waals surface area (Å²) < 4.78 is 10.8. The maximum atomic E-state index is 12.6. The molecule has 0 bridgehead atoms. The third kappa shape index (κ3) is 2.84. The first kappa shape index (κ1) is 14.6. The molecule has 2 unspecified atom stereocenters. The zero-order chi connectivity index (χ0) is 15.5. The van der Waals surface area contributed by atoms with Gasteiger partial charge in [-0.15, -0.1) is 0 Å². The van der Waals surface area contributed by atoms with Crippen LogP contribution in [0.3, 0.4) is 0 Å². The maximum absolute atomic E-state index is 12.6. The Kier molecular flexibility index (Phi) is 4.14. The molecule has 1 aliphatic rings. The summed E-state index contributed by atoms with van der Waals surface area (Å²) >= 11 is 0. The van der Waals surface area contributed by atoms with Crippen LogP contribution in [0.5, 0.6) is 11.5 Å². The number of hydrogen-bond donors (Lipinski definition) is 0. The highest BCUT2D eigenvalue weighted by atomic mass is 16.5. The molecule has 0 amide bonds. The molecular formula is C19H20O3. The van der Waals surface area contributed by atoms with E-state index in [1.165, 1.54) is 0 Å². The zero-order valence-corrected chi connectivity index (χ0v) is 12.9. The Labute approximate surface area is 130 Å². The van der Waals surface area contributed by atoms with Gasteiger partial charge in [-0.05, 0) is 55.2 Å². The van der Waals surface area contributed by atoms with Gasteiger partial charge in [-0.3, -0.25) is 4.79 Å². The van der Waals surface area contributed by atoms with Crippen molar-refractivity contribution in [2.45, 2.75) is 19.3 Å². The van der Waals surface area contributed by atoms with Crippen LogP contribution in [0.15, 0.2) is 48.5 Å². The van der Waals surface area contributed by atoms with Crippen LogP contribution in [-0.4, -0.2) is 19.5 Å². The first-order valence-electron chi connectivity index (χ1n) is 7.64. The van der Waals surface area contributed by atoms with E-state index in [9.17, 15) is 4.79 Å². The summed E-state index contributed by atoms with van der Waals surface area (Å²) in [6, 6.07) is 15.4. The lowest BCUT2D eigenvalue weighted by molar-refractivity contribution is 0.0965. The number of para-hydroxylation sites is 1. The van der Waals surface area contributed by atoms with E-state index in [0.717, 1.165) is 29.0 Å².